The number of carboxylic acid groups (broad SMARTS) is 1. The van der Waals surface area contributed by atoms with E-state index in [4.69, 9.17) is 9.15 Å². The lowest BCUT2D eigenvalue weighted by molar-refractivity contribution is -0.174. The number of aliphatic carboxylic acids is 1. The van der Waals surface area contributed by atoms with Crippen molar-refractivity contribution in [2.24, 2.45) is 5.41 Å². The van der Waals surface area contributed by atoms with Crippen molar-refractivity contribution in [1.82, 2.24) is 0 Å². The van der Waals surface area contributed by atoms with E-state index in [-0.39, 0.29) is 0 Å². The lowest BCUT2D eigenvalue weighted by atomic mass is 9.62. The predicted molar refractivity (Wildman–Crippen MR) is 57.4 cm³/mol. The zero-order valence-electron chi connectivity index (χ0n) is 9.74. The first-order valence-electron chi connectivity index (χ1n) is 5.28. The van der Waals surface area contributed by atoms with Gasteiger partial charge in [-0.1, -0.05) is 0 Å². The molecule has 1 fully saturated rings. The van der Waals surface area contributed by atoms with E-state index in [2.05, 4.69) is 0 Å². The van der Waals surface area contributed by atoms with Crippen LogP contribution in [0.1, 0.15) is 25.4 Å². The van der Waals surface area contributed by atoms with E-state index in [1.165, 1.54) is 0 Å². The molecule has 4 heteroatoms. The highest BCUT2D eigenvalue weighted by atomic mass is 16.5. The Balaban J connectivity index is 2.44. The number of hydrogen-bond donors (Lipinski definition) is 1. The maximum Gasteiger partial charge on any atom is 0.310 e. The molecule has 0 unspecified atom stereocenters. The van der Waals surface area contributed by atoms with E-state index >= 15 is 0 Å². The largest absolute Gasteiger partial charge is 0.481 e. The minimum Gasteiger partial charge on any atom is -0.481 e. The average Bonchev–Trinajstić information content (AvgIpc) is 2.49. The van der Waals surface area contributed by atoms with Crippen LogP contribution in [0.2, 0.25) is 0 Å². The molecule has 1 aromatic rings. The summed E-state index contributed by atoms with van der Waals surface area (Å²) in [7, 11) is 0. The van der Waals surface area contributed by atoms with Crippen molar-refractivity contribution in [3.05, 3.63) is 23.7 Å². The number of carboxylic acids is 1. The van der Waals surface area contributed by atoms with Crippen LogP contribution in [0.15, 0.2) is 16.5 Å². The van der Waals surface area contributed by atoms with Gasteiger partial charge in [-0.3, -0.25) is 4.79 Å². The molecule has 0 saturated carbocycles. The highest BCUT2D eigenvalue weighted by molar-refractivity contribution is 5.76. The SMILES string of the molecule is Cc1ccc(C2(C(C)(C)C(=O)O)COC2)o1. The minimum absolute atomic E-state index is 0.402. The summed E-state index contributed by atoms with van der Waals surface area (Å²) < 4.78 is 10.8. The van der Waals surface area contributed by atoms with Crippen LogP contribution in [0.5, 0.6) is 0 Å². The van der Waals surface area contributed by atoms with Gasteiger partial charge in [-0.15, -0.1) is 0 Å². The van der Waals surface area contributed by atoms with Gasteiger partial charge in [0.2, 0.25) is 0 Å². The Morgan fingerprint density at radius 2 is 2.06 bits per heavy atom. The van der Waals surface area contributed by atoms with Crippen molar-refractivity contribution >= 4 is 5.97 Å². The molecular weight excluding hydrogens is 208 g/mol. The number of ether oxygens (including phenoxy) is 1. The average molecular weight is 224 g/mol. The van der Waals surface area contributed by atoms with Gasteiger partial charge in [-0.05, 0) is 32.9 Å². The first kappa shape index (κ1) is 11.2. The lowest BCUT2D eigenvalue weighted by Crippen LogP contribution is -2.59. The zero-order chi connectivity index (χ0) is 12.0. The smallest absolute Gasteiger partial charge is 0.310 e. The molecule has 88 valence electrons. The fourth-order valence-corrected chi connectivity index (χ4v) is 2.01. The van der Waals surface area contributed by atoms with E-state index < -0.39 is 16.8 Å². The topological polar surface area (TPSA) is 59.7 Å². The molecule has 4 nitrogen and oxygen atoms in total. The Morgan fingerprint density at radius 3 is 2.38 bits per heavy atom. The Bertz CT molecular complexity index is 412. The first-order valence-corrected chi connectivity index (χ1v) is 5.28. The zero-order valence-corrected chi connectivity index (χ0v) is 9.74. The van der Waals surface area contributed by atoms with Gasteiger partial charge in [0.25, 0.3) is 0 Å². The summed E-state index contributed by atoms with van der Waals surface area (Å²) in [4.78, 5) is 11.3. The summed E-state index contributed by atoms with van der Waals surface area (Å²) in [6.07, 6.45) is 0. The third-order valence-electron chi connectivity index (χ3n) is 3.64. The highest BCUT2D eigenvalue weighted by Crippen LogP contribution is 2.47. The number of aryl methyl sites for hydroxylation is 1. The maximum atomic E-state index is 11.3. The van der Waals surface area contributed by atoms with Crippen molar-refractivity contribution in [2.45, 2.75) is 26.2 Å². The third kappa shape index (κ3) is 1.29. The molecule has 0 aliphatic carbocycles. The van der Waals surface area contributed by atoms with Gasteiger partial charge < -0.3 is 14.3 Å². The Morgan fingerprint density at radius 1 is 1.44 bits per heavy atom. The summed E-state index contributed by atoms with van der Waals surface area (Å²) in [6.45, 7) is 6.09. The predicted octanol–water partition coefficient (Wildman–Crippen LogP) is 1.97. The van der Waals surface area contributed by atoms with Gasteiger partial charge in [0, 0.05) is 0 Å². The van der Waals surface area contributed by atoms with Gasteiger partial charge in [-0.25, -0.2) is 0 Å². The molecule has 2 heterocycles. The van der Waals surface area contributed by atoms with Crippen molar-refractivity contribution in [3.63, 3.8) is 0 Å². The number of furan rings is 1. The molecule has 0 aromatic carbocycles. The third-order valence-corrected chi connectivity index (χ3v) is 3.64. The fraction of sp³-hybridized carbons (Fsp3) is 0.583. The van der Waals surface area contributed by atoms with Gasteiger partial charge >= 0.3 is 5.97 Å². The van der Waals surface area contributed by atoms with Gasteiger partial charge in [0.15, 0.2) is 0 Å². The van der Waals surface area contributed by atoms with Crippen LogP contribution in [0.25, 0.3) is 0 Å². The normalized spacial score (nSPS) is 19.2. The molecular formula is C12H16O4. The molecule has 0 bridgehead atoms. The second kappa shape index (κ2) is 3.35. The molecule has 1 aliphatic rings. The molecule has 0 radical (unpaired) electrons. The molecule has 0 atom stereocenters. The summed E-state index contributed by atoms with van der Waals surface area (Å²) in [5.41, 5.74) is -1.43. The Hall–Kier alpha value is -1.29. The van der Waals surface area contributed by atoms with Crippen LogP contribution in [-0.2, 0) is 14.9 Å². The highest BCUT2D eigenvalue weighted by Gasteiger charge is 2.58. The van der Waals surface area contributed by atoms with Gasteiger partial charge in [0.05, 0.1) is 24.0 Å². The van der Waals surface area contributed by atoms with E-state index in [9.17, 15) is 9.90 Å². The van der Waals surface area contributed by atoms with Crippen molar-refractivity contribution < 1.29 is 19.1 Å². The summed E-state index contributed by atoms with van der Waals surface area (Å²) in [5.74, 6) is 0.677. The molecule has 1 aromatic heterocycles. The monoisotopic (exact) mass is 224 g/mol. The Labute approximate surface area is 94.2 Å². The molecule has 2 rings (SSSR count). The number of rotatable bonds is 3. The summed E-state index contributed by atoms with van der Waals surface area (Å²) in [6, 6.07) is 3.70. The van der Waals surface area contributed by atoms with Crippen LogP contribution >= 0.6 is 0 Å². The molecule has 0 spiro atoms. The van der Waals surface area contributed by atoms with Gasteiger partial charge in [0.1, 0.15) is 11.5 Å². The number of carbonyl (C=O) groups is 1. The molecule has 1 saturated heterocycles. The molecule has 1 aliphatic heterocycles. The Kier molecular flexibility index (Phi) is 2.35. The standard InChI is InChI=1S/C12H16O4/c1-8-4-5-9(16-8)12(6-15-7-12)11(2,3)10(13)14/h4-5H,6-7H2,1-3H3,(H,13,14). The van der Waals surface area contributed by atoms with Crippen LogP contribution in [0.4, 0.5) is 0 Å². The maximum absolute atomic E-state index is 11.3. The lowest BCUT2D eigenvalue weighted by Gasteiger charge is -2.48. The molecule has 1 N–H and O–H groups in total. The van der Waals surface area contributed by atoms with E-state index in [0.717, 1.165) is 5.76 Å². The van der Waals surface area contributed by atoms with Crippen LogP contribution in [0.3, 0.4) is 0 Å². The van der Waals surface area contributed by atoms with E-state index in [1.807, 2.05) is 19.1 Å². The quantitative estimate of drug-likeness (QED) is 0.852. The minimum atomic E-state index is -0.893. The second-order valence-corrected chi connectivity index (χ2v) is 4.92. The van der Waals surface area contributed by atoms with Crippen LogP contribution < -0.4 is 0 Å². The second-order valence-electron chi connectivity index (χ2n) is 4.92. The van der Waals surface area contributed by atoms with Crippen LogP contribution in [-0.4, -0.2) is 24.3 Å². The van der Waals surface area contributed by atoms with Crippen molar-refractivity contribution in [2.75, 3.05) is 13.2 Å². The van der Waals surface area contributed by atoms with Crippen molar-refractivity contribution in [1.29, 1.82) is 0 Å². The molecule has 0 amide bonds. The number of hydrogen-bond acceptors (Lipinski definition) is 3. The van der Waals surface area contributed by atoms with Gasteiger partial charge in [-0.2, -0.15) is 0 Å². The first-order chi connectivity index (χ1) is 7.40. The summed E-state index contributed by atoms with van der Waals surface area (Å²) in [5, 5.41) is 9.31. The van der Waals surface area contributed by atoms with Crippen molar-refractivity contribution in [3.8, 4) is 0 Å². The summed E-state index contributed by atoms with van der Waals surface area (Å²) >= 11 is 0. The van der Waals surface area contributed by atoms with E-state index in [1.54, 1.807) is 13.8 Å². The molecule has 16 heavy (non-hydrogen) atoms. The van der Waals surface area contributed by atoms with E-state index in [0.29, 0.717) is 19.0 Å². The van der Waals surface area contributed by atoms with Crippen LogP contribution in [0, 0.1) is 12.3 Å². The fourth-order valence-electron chi connectivity index (χ4n) is 2.01.